The minimum absolute atomic E-state index is 0.256. The highest BCUT2D eigenvalue weighted by molar-refractivity contribution is 4.98. The minimum atomic E-state index is 0.256. The van der Waals surface area contributed by atoms with Crippen molar-refractivity contribution in [3.63, 3.8) is 0 Å². The molecule has 1 aliphatic rings. The van der Waals surface area contributed by atoms with Crippen molar-refractivity contribution in [2.75, 3.05) is 47.1 Å². The van der Waals surface area contributed by atoms with Crippen LogP contribution in [0.2, 0.25) is 0 Å². The molecule has 2 N–H and O–H groups in total. The van der Waals surface area contributed by atoms with Crippen LogP contribution in [0.4, 0.5) is 0 Å². The highest BCUT2D eigenvalue weighted by Gasteiger charge is 2.40. The highest BCUT2D eigenvalue weighted by Crippen LogP contribution is 2.36. The molecule has 0 amide bonds. The summed E-state index contributed by atoms with van der Waals surface area (Å²) in [6, 6.07) is 0. The summed E-state index contributed by atoms with van der Waals surface area (Å²) in [6.45, 7) is 4.42. The van der Waals surface area contributed by atoms with E-state index in [9.17, 15) is 0 Å². The van der Waals surface area contributed by atoms with Crippen LogP contribution >= 0.6 is 0 Å². The van der Waals surface area contributed by atoms with Crippen LogP contribution in [0.3, 0.4) is 0 Å². The molecular formula is C12H26N2O2. The van der Waals surface area contributed by atoms with Gasteiger partial charge in [0.25, 0.3) is 0 Å². The van der Waals surface area contributed by atoms with E-state index < -0.39 is 0 Å². The predicted molar refractivity (Wildman–Crippen MR) is 65.6 cm³/mol. The maximum atomic E-state index is 5.93. The zero-order valence-electron chi connectivity index (χ0n) is 10.7. The fraction of sp³-hybridized carbons (Fsp3) is 1.00. The van der Waals surface area contributed by atoms with Crippen molar-refractivity contribution >= 4 is 0 Å². The average Bonchev–Trinajstić information content (AvgIpc) is 2.24. The van der Waals surface area contributed by atoms with Crippen molar-refractivity contribution in [2.45, 2.75) is 31.2 Å². The van der Waals surface area contributed by atoms with E-state index in [0.717, 1.165) is 39.3 Å². The molecule has 0 aliphatic heterocycles. The van der Waals surface area contributed by atoms with Gasteiger partial charge >= 0.3 is 0 Å². The Hall–Kier alpha value is -0.160. The summed E-state index contributed by atoms with van der Waals surface area (Å²) in [5, 5.41) is 0. The summed E-state index contributed by atoms with van der Waals surface area (Å²) in [7, 11) is 3.50. The molecule has 0 unspecified atom stereocenters. The number of nitrogens with zero attached hydrogens (tertiary/aromatic N) is 1. The lowest BCUT2D eigenvalue weighted by Crippen LogP contribution is -2.59. The van der Waals surface area contributed by atoms with E-state index in [-0.39, 0.29) is 5.54 Å². The Morgan fingerprint density at radius 2 is 1.81 bits per heavy atom. The summed E-state index contributed by atoms with van der Waals surface area (Å²) in [6.07, 6.45) is 4.85. The van der Waals surface area contributed by atoms with Gasteiger partial charge in [-0.1, -0.05) is 0 Å². The molecular weight excluding hydrogens is 204 g/mol. The van der Waals surface area contributed by atoms with Crippen LogP contribution in [-0.4, -0.2) is 57.5 Å². The third-order valence-electron chi connectivity index (χ3n) is 3.68. The highest BCUT2D eigenvalue weighted by atomic mass is 16.5. The van der Waals surface area contributed by atoms with E-state index in [4.69, 9.17) is 15.2 Å². The van der Waals surface area contributed by atoms with Gasteiger partial charge in [0.1, 0.15) is 0 Å². The van der Waals surface area contributed by atoms with Gasteiger partial charge in [-0.2, -0.15) is 0 Å². The second kappa shape index (κ2) is 7.22. The Balaban J connectivity index is 2.41. The Kier molecular flexibility index (Phi) is 6.28. The molecule has 0 aromatic rings. The topological polar surface area (TPSA) is 47.7 Å². The molecule has 1 aliphatic carbocycles. The van der Waals surface area contributed by atoms with Gasteiger partial charge in [0.2, 0.25) is 0 Å². The number of nitrogens with two attached hydrogens (primary N) is 1. The predicted octanol–water partition coefficient (Wildman–Crippen LogP) is 0.853. The smallest absolute Gasteiger partial charge is 0.0589 e. The van der Waals surface area contributed by atoms with E-state index in [1.165, 1.54) is 19.3 Å². The molecule has 16 heavy (non-hydrogen) atoms. The Morgan fingerprint density at radius 3 is 2.25 bits per heavy atom. The number of hydrogen-bond donors (Lipinski definition) is 1. The molecule has 0 heterocycles. The van der Waals surface area contributed by atoms with Gasteiger partial charge in [0.15, 0.2) is 0 Å². The summed E-state index contributed by atoms with van der Waals surface area (Å²) < 4.78 is 10.3. The zero-order chi connectivity index (χ0) is 11.9. The molecule has 0 spiro atoms. The summed E-state index contributed by atoms with van der Waals surface area (Å²) in [5.41, 5.74) is 6.19. The first-order valence-electron chi connectivity index (χ1n) is 6.22. The standard InChI is InChI=1S/C12H26N2O2/c1-15-9-4-7-14(8-10-16-2)12(11-13)5-3-6-12/h3-11,13H2,1-2H3. The fourth-order valence-corrected chi connectivity index (χ4v) is 2.42. The number of rotatable bonds is 9. The largest absolute Gasteiger partial charge is 0.385 e. The Morgan fingerprint density at radius 1 is 1.12 bits per heavy atom. The molecule has 0 saturated heterocycles. The quantitative estimate of drug-likeness (QED) is 0.597. The summed E-state index contributed by atoms with van der Waals surface area (Å²) in [4.78, 5) is 2.50. The van der Waals surface area contributed by atoms with E-state index in [2.05, 4.69) is 4.90 Å². The molecule has 96 valence electrons. The Labute approximate surface area is 99.1 Å². The molecule has 0 atom stereocenters. The fourth-order valence-electron chi connectivity index (χ4n) is 2.42. The zero-order valence-corrected chi connectivity index (χ0v) is 10.7. The molecule has 1 fully saturated rings. The van der Waals surface area contributed by atoms with E-state index in [1.54, 1.807) is 14.2 Å². The average molecular weight is 230 g/mol. The van der Waals surface area contributed by atoms with Gasteiger partial charge in [0, 0.05) is 46.0 Å². The lowest BCUT2D eigenvalue weighted by Gasteiger charge is -2.50. The molecule has 4 heteroatoms. The first-order valence-corrected chi connectivity index (χ1v) is 6.22. The van der Waals surface area contributed by atoms with Crippen LogP contribution in [0.5, 0.6) is 0 Å². The molecule has 4 nitrogen and oxygen atoms in total. The van der Waals surface area contributed by atoms with Gasteiger partial charge in [-0.25, -0.2) is 0 Å². The first kappa shape index (κ1) is 13.9. The van der Waals surface area contributed by atoms with E-state index >= 15 is 0 Å². The van der Waals surface area contributed by atoms with Crippen molar-refractivity contribution in [1.29, 1.82) is 0 Å². The minimum Gasteiger partial charge on any atom is -0.385 e. The third-order valence-corrected chi connectivity index (χ3v) is 3.68. The van der Waals surface area contributed by atoms with Gasteiger partial charge in [0.05, 0.1) is 6.61 Å². The first-order chi connectivity index (χ1) is 7.79. The van der Waals surface area contributed by atoms with Crippen LogP contribution < -0.4 is 5.73 Å². The van der Waals surface area contributed by atoms with Crippen LogP contribution in [0, 0.1) is 0 Å². The molecule has 0 aromatic carbocycles. The number of hydrogen-bond acceptors (Lipinski definition) is 4. The maximum absolute atomic E-state index is 5.93. The van der Waals surface area contributed by atoms with Crippen LogP contribution in [-0.2, 0) is 9.47 Å². The molecule has 0 aromatic heterocycles. The molecule has 0 radical (unpaired) electrons. The second-order valence-electron chi connectivity index (χ2n) is 4.61. The molecule has 1 saturated carbocycles. The van der Waals surface area contributed by atoms with E-state index in [1.807, 2.05) is 0 Å². The maximum Gasteiger partial charge on any atom is 0.0589 e. The van der Waals surface area contributed by atoms with Gasteiger partial charge in [-0.15, -0.1) is 0 Å². The monoisotopic (exact) mass is 230 g/mol. The van der Waals surface area contributed by atoms with Crippen molar-refractivity contribution in [2.24, 2.45) is 5.73 Å². The van der Waals surface area contributed by atoms with Crippen LogP contribution in [0.15, 0.2) is 0 Å². The number of methoxy groups -OCH3 is 2. The summed E-state index contributed by atoms with van der Waals surface area (Å²) in [5.74, 6) is 0. The lowest BCUT2D eigenvalue weighted by atomic mass is 9.75. The number of ether oxygens (including phenoxy) is 2. The van der Waals surface area contributed by atoms with Gasteiger partial charge in [-0.3, -0.25) is 4.90 Å². The van der Waals surface area contributed by atoms with Crippen molar-refractivity contribution in [3.8, 4) is 0 Å². The van der Waals surface area contributed by atoms with Gasteiger partial charge in [-0.05, 0) is 25.7 Å². The SMILES string of the molecule is COCCCN(CCOC)C1(CN)CCC1. The van der Waals surface area contributed by atoms with Crippen LogP contribution in [0.1, 0.15) is 25.7 Å². The molecule has 0 bridgehead atoms. The van der Waals surface area contributed by atoms with Gasteiger partial charge < -0.3 is 15.2 Å². The third kappa shape index (κ3) is 3.42. The van der Waals surface area contributed by atoms with Crippen LogP contribution in [0.25, 0.3) is 0 Å². The second-order valence-corrected chi connectivity index (χ2v) is 4.61. The Bertz CT molecular complexity index is 178. The van der Waals surface area contributed by atoms with Crippen molar-refractivity contribution in [3.05, 3.63) is 0 Å². The van der Waals surface area contributed by atoms with E-state index in [0.29, 0.717) is 0 Å². The molecule has 1 rings (SSSR count). The van der Waals surface area contributed by atoms with Crippen molar-refractivity contribution in [1.82, 2.24) is 4.90 Å². The van der Waals surface area contributed by atoms with Crippen molar-refractivity contribution < 1.29 is 9.47 Å². The lowest BCUT2D eigenvalue weighted by molar-refractivity contribution is 0.000843. The normalized spacial score (nSPS) is 18.8. The summed E-state index contributed by atoms with van der Waals surface area (Å²) >= 11 is 0.